The third kappa shape index (κ3) is 4.87. The molecule has 7 aromatic carbocycles. The molecule has 0 fully saturated rings. The molecule has 0 aliphatic heterocycles. The number of nitrogens with zero attached hydrogens (tertiary/aromatic N) is 2. The first-order chi connectivity index (χ1) is 26.4. The molecule has 10 rings (SSSR count). The van der Waals surface area contributed by atoms with Gasteiger partial charge < -0.3 is 9.13 Å². The maximum absolute atomic E-state index is 4.49. The zero-order valence-corrected chi connectivity index (χ0v) is 30.8. The fraction of sp³-hybridized carbons (Fsp3) is 0.0769. The molecule has 2 aromatic heterocycles. The van der Waals surface area contributed by atoms with E-state index in [0.29, 0.717) is 0 Å². The second-order valence-corrected chi connectivity index (χ2v) is 15.1. The number of allylic oxidation sites excluding steroid dienone is 2. The zero-order valence-electron chi connectivity index (χ0n) is 30.8. The molecular weight excluding hydrogens is 653 g/mol. The van der Waals surface area contributed by atoms with E-state index in [4.69, 9.17) is 0 Å². The SMILES string of the molecule is C=c1/c(=C\C=C(/C)c2ccc(-c3ccc4c(c3)c3ccccc3n4-c3ccc4c(c3)-c3ccccc3C4(C)C)cc2)n(-c2ccccc2)c2ccccc12. The molecule has 0 amide bonds. The van der Waals surface area contributed by atoms with Gasteiger partial charge in [0.2, 0.25) is 0 Å². The average molecular weight is 693 g/mol. The molecule has 0 bridgehead atoms. The predicted molar refractivity (Wildman–Crippen MR) is 230 cm³/mol. The maximum Gasteiger partial charge on any atom is 0.0541 e. The molecule has 0 unspecified atom stereocenters. The summed E-state index contributed by atoms with van der Waals surface area (Å²) < 4.78 is 4.74. The lowest BCUT2D eigenvalue weighted by Crippen LogP contribution is -2.26. The van der Waals surface area contributed by atoms with Crippen molar-refractivity contribution >= 4 is 50.9 Å². The van der Waals surface area contributed by atoms with E-state index in [1.807, 2.05) is 0 Å². The maximum atomic E-state index is 4.49. The molecule has 0 radical (unpaired) electrons. The molecule has 2 heteroatoms. The fourth-order valence-electron chi connectivity index (χ4n) is 8.86. The quantitative estimate of drug-likeness (QED) is 0.170. The summed E-state index contributed by atoms with van der Waals surface area (Å²) in [6.07, 6.45) is 4.43. The smallest absolute Gasteiger partial charge is 0.0541 e. The summed E-state index contributed by atoms with van der Waals surface area (Å²) >= 11 is 0. The first kappa shape index (κ1) is 32.0. The van der Waals surface area contributed by atoms with E-state index in [9.17, 15) is 0 Å². The van der Waals surface area contributed by atoms with E-state index in [1.54, 1.807) is 0 Å². The standard InChI is InChI=1S/C52H40N2/c1-34(22-30-48-35(2)41-16-9-12-20-49(41)53(48)39-14-6-5-7-15-39)36-23-25-37(26-24-36)38-27-31-51-45(32-38)43-18-10-13-21-50(43)54(51)40-28-29-47-44(33-40)42-17-8-11-19-46(42)52(47,3)4/h5-33H,2H2,1,3-4H3/b34-22+,48-30+. The number of benzene rings is 7. The van der Waals surface area contributed by atoms with E-state index < -0.39 is 0 Å². The van der Waals surface area contributed by atoms with Crippen LogP contribution in [0.3, 0.4) is 0 Å². The minimum Gasteiger partial charge on any atom is -0.309 e. The Morgan fingerprint density at radius 2 is 1.15 bits per heavy atom. The highest BCUT2D eigenvalue weighted by Gasteiger charge is 2.35. The number of hydrogen-bond donors (Lipinski definition) is 0. The average Bonchev–Trinajstić information content (AvgIpc) is 3.79. The normalized spacial score (nSPS) is 13.9. The molecule has 1 aliphatic rings. The molecule has 0 saturated carbocycles. The van der Waals surface area contributed by atoms with Crippen LogP contribution in [0, 0.1) is 0 Å². The van der Waals surface area contributed by atoms with Crippen molar-refractivity contribution in [2.45, 2.75) is 26.2 Å². The van der Waals surface area contributed by atoms with Crippen molar-refractivity contribution in [1.82, 2.24) is 9.13 Å². The Balaban J connectivity index is 1.02. The van der Waals surface area contributed by atoms with Crippen molar-refractivity contribution in [2.24, 2.45) is 0 Å². The van der Waals surface area contributed by atoms with Crippen LogP contribution in [0.5, 0.6) is 0 Å². The van der Waals surface area contributed by atoms with E-state index in [-0.39, 0.29) is 5.41 Å². The van der Waals surface area contributed by atoms with Gasteiger partial charge in [0.15, 0.2) is 0 Å². The largest absolute Gasteiger partial charge is 0.309 e. The minimum atomic E-state index is -0.0114. The summed E-state index contributed by atoms with van der Waals surface area (Å²) in [5.41, 5.74) is 16.2. The second-order valence-electron chi connectivity index (χ2n) is 15.1. The minimum absolute atomic E-state index is 0.0114. The van der Waals surface area contributed by atoms with Crippen molar-refractivity contribution < 1.29 is 0 Å². The summed E-state index contributed by atoms with van der Waals surface area (Å²) in [6.45, 7) is 11.4. The molecule has 0 N–H and O–H groups in total. The lowest BCUT2D eigenvalue weighted by atomic mass is 9.82. The molecule has 0 saturated heterocycles. The van der Waals surface area contributed by atoms with Gasteiger partial charge in [0.25, 0.3) is 0 Å². The molecule has 1 aliphatic carbocycles. The molecule has 2 nitrogen and oxygen atoms in total. The van der Waals surface area contributed by atoms with Crippen LogP contribution in [-0.2, 0) is 5.41 Å². The third-order valence-electron chi connectivity index (χ3n) is 11.7. The molecular formula is C52H40N2. The van der Waals surface area contributed by atoms with E-state index in [2.05, 4.69) is 212 Å². The molecule has 2 heterocycles. The van der Waals surface area contributed by atoms with Crippen molar-refractivity contribution in [3.63, 3.8) is 0 Å². The first-order valence-corrected chi connectivity index (χ1v) is 18.8. The first-order valence-electron chi connectivity index (χ1n) is 18.8. The highest BCUT2D eigenvalue weighted by atomic mass is 15.0. The van der Waals surface area contributed by atoms with Crippen LogP contribution in [0.25, 0.3) is 84.6 Å². The Labute approximate surface area is 315 Å². The topological polar surface area (TPSA) is 9.86 Å². The van der Waals surface area contributed by atoms with Crippen LogP contribution in [0.15, 0.2) is 170 Å². The van der Waals surface area contributed by atoms with Crippen molar-refractivity contribution in [3.8, 4) is 33.6 Å². The third-order valence-corrected chi connectivity index (χ3v) is 11.7. The second kappa shape index (κ2) is 12.2. The fourth-order valence-corrected chi connectivity index (χ4v) is 8.86. The summed E-state index contributed by atoms with van der Waals surface area (Å²) in [4.78, 5) is 0. The summed E-state index contributed by atoms with van der Waals surface area (Å²) in [7, 11) is 0. The van der Waals surface area contributed by atoms with Crippen molar-refractivity contribution in [1.29, 1.82) is 0 Å². The Kier molecular flexibility index (Phi) is 7.25. The number of aromatic nitrogens is 2. The van der Waals surface area contributed by atoms with Crippen LogP contribution in [0.2, 0.25) is 0 Å². The highest BCUT2D eigenvalue weighted by Crippen LogP contribution is 2.49. The van der Waals surface area contributed by atoms with Crippen molar-refractivity contribution in [2.75, 3.05) is 0 Å². The van der Waals surface area contributed by atoms with Gasteiger partial charge in [-0.1, -0.05) is 142 Å². The van der Waals surface area contributed by atoms with Gasteiger partial charge in [0, 0.05) is 38.2 Å². The Hall–Kier alpha value is -6.64. The summed E-state index contributed by atoms with van der Waals surface area (Å²) in [5, 5.41) is 5.83. The number of fused-ring (bicyclic) bond motifs is 7. The highest BCUT2D eigenvalue weighted by molar-refractivity contribution is 6.10. The number of para-hydroxylation sites is 3. The lowest BCUT2D eigenvalue weighted by Gasteiger charge is -2.21. The van der Waals surface area contributed by atoms with Gasteiger partial charge in [0.05, 0.1) is 21.9 Å². The molecule has 0 spiro atoms. The van der Waals surface area contributed by atoms with E-state index in [0.717, 1.165) is 21.8 Å². The van der Waals surface area contributed by atoms with Crippen LogP contribution >= 0.6 is 0 Å². The van der Waals surface area contributed by atoms with Gasteiger partial charge in [-0.3, -0.25) is 0 Å². The van der Waals surface area contributed by atoms with Gasteiger partial charge in [-0.2, -0.15) is 0 Å². The molecule has 0 atom stereocenters. The predicted octanol–water partition coefficient (Wildman–Crippen LogP) is 12.0. The Bertz CT molecular complexity index is 3080. The van der Waals surface area contributed by atoms with Crippen LogP contribution in [-0.4, -0.2) is 9.13 Å². The number of hydrogen-bond acceptors (Lipinski definition) is 0. The van der Waals surface area contributed by atoms with Crippen LogP contribution < -0.4 is 10.6 Å². The Morgan fingerprint density at radius 3 is 1.94 bits per heavy atom. The summed E-state index contributed by atoms with van der Waals surface area (Å²) in [5.74, 6) is 0. The van der Waals surface area contributed by atoms with Gasteiger partial charge in [-0.05, 0) is 106 Å². The van der Waals surface area contributed by atoms with Gasteiger partial charge in [-0.15, -0.1) is 0 Å². The molecule has 54 heavy (non-hydrogen) atoms. The van der Waals surface area contributed by atoms with Gasteiger partial charge in [-0.25, -0.2) is 0 Å². The zero-order chi connectivity index (χ0) is 36.6. The lowest BCUT2D eigenvalue weighted by molar-refractivity contribution is 0.660. The Morgan fingerprint density at radius 1 is 0.519 bits per heavy atom. The van der Waals surface area contributed by atoms with Crippen LogP contribution in [0.1, 0.15) is 37.5 Å². The molecule has 9 aromatic rings. The number of rotatable bonds is 5. The van der Waals surface area contributed by atoms with E-state index >= 15 is 0 Å². The van der Waals surface area contributed by atoms with Gasteiger partial charge >= 0.3 is 0 Å². The monoisotopic (exact) mass is 692 g/mol. The van der Waals surface area contributed by atoms with Gasteiger partial charge in [0.1, 0.15) is 0 Å². The van der Waals surface area contributed by atoms with Crippen molar-refractivity contribution in [3.05, 3.63) is 197 Å². The molecule has 258 valence electrons. The van der Waals surface area contributed by atoms with E-state index in [1.165, 1.54) is 77.4 Å². The van der Waals surface area contributed by atoms with Crippen LogP contribution in [0.4, 0.5) is 0 Å². The summed E-state index contributed by atoms with van der Waals surface area (Å²) in [6, 6.07) is 59.7.